The standard InChI is InChI=1S/C62H42N2O/c1-39-36-55(63(45-20-7-4-8-21-45)47-33-30-42-18-9-10-19-44(42)38-47)52-34-35-53-56(37-40(2)59-50-24-12-11-23-49(50)58(39)60(52)61(53)59)64(46-31-28-43(29-32-46)41-16-5-3-6-17-41)54-26-15-25-51-48-22-13-14-27-57(48)65-62(51)54/h3-38H,1-2H3. The van der Waals surface area contributed by atoms with Crippen LogP contribution in [-0.2, 0) is 0 Å². The average molecular weight is 831 g/mol. The summed E-state index contributed by atoms with van der Waals surface area (Å²) >= 11 is 0. The molecule has 0 radical (unpaired) electrons. The number of furan rings is 1. The van der Waals surface area contributed by atoms with E-state index in [9.17, 15) is 0 Å². The van der Waals surface area contributed by atoms with Gasteiger partial charge >= 0.3 is 0 Å². The molecule has 65 heavy (non-hydrogen) atoms. The Bertz CT molecular complexity index is 3960. The van der Waals surface area contributed by atoms with Crippen LogP contribution in [0.25, 0.3) is 86.9 Å². The first-order valence-corrected chi connectivity index (χ1v) is 22.4. The SMILES string of the molecule is Cc1cc(N(c2ccccc2)c2ccc3ccccc3c2)c2ccc3c(N(c4ccc(-c5ccccc5)cc4)c4cccc5c4oc4ccccc45)cc(C)c4c5ccccc5c1c2c34. The van der Waals surface area contributed by atoms with Crippen molar-refractivity contribution in [3.63, 3.8) is 0 Å². The summed E-state index contributed by atoms with van der Waals surface area (Å²) in [6.45, 7) is 4.58. The van der Waals surface area contributed by atoms with Crippen molar-refractivity contribution >= 4 is 110 Å². The molecule has 3 nitrogen and oxygen atoms in total. The maximum Gasteiger partial charge on any atom is 0.159 e. The smallest absolute Gasteiger partial charge is 0.159 e. The molecule has 3 heteroatoms. The monoisotopic (exact) mass is 830 g/mol. The van der Waals surface area contributed by atoms with E-state index in [1.165, 1.54) is 76.1 Å². The van der Waals surface area contributed by atoms with E-state index in [0.29, 0.717) is 0 Å². The molecule has 0 aliphatic carbocycles. The fourth-order valence-electron chi connectivity index (χ4n) is 10.7. The van der Waals surface area contributed by atoms with Gasteiger partial charge in [-0.15, -0.1) is 0 Å². The summed E-state index contributed by atoms with van der Waals surface area (Å²) in [5, 5.41) is 14.7. The van der Waals surface area contributed by atoms with E-state index in [1.807, 2.05) is 6.07 Å². The molecular formula is C62H42N2O. The topological polar surface area (TPSA) is 19.6 Å². The Labute approximate surface area is 377 Å². The van der Waals surface area contributed by atoms with Gasteiger partial charge < -0.3 is 14.2 Å². The third-order valence-corrected chi connectivity index (χ3v) is 13.6. The second-order valence-corrected chi connectivity index (χ2v) is 17.3. The first kappa shape index (κ1) is 37.2. The minimum atomic E-state index is 0.863. The molecular weight excluding hydrogens is 789 g/mol. The van der Waals surface area contributed by atoms with Crippen molar-refractivity contribution in [2.24, 2.45) is 0 Å². The highest BCUT2D eigenvalue weighted by Crippen LogP contribution is 2.53. The van der Waals surface area contributed by atoms with Crippen LogP contribution < -0.4 is 9.80 Å². The van der Waals surface area contributed by atoms with Crippen LogP contribution in [0.4, 0.5) is 34.1 Å². The van der Waals surface area contributed by atoms with Crippen LogP contribution in [0.3, 0.4) is 0 Å². The number of anilines is 6. The number of rotatable bonds is 7. The molecule has 1 heterocycles. The largest absolute Gasteiger partial charge is 0.454 e. The molecule has 0 saturated carbocycles. The zero-order chi connectivity index (χ0) is 43.2. The van der Waals surface area contributed by atoms with Crippen LogP contribution in [0.2, 0.25) is 0 Å². The maximum absolute atomic E-state index is 6.84. The third kappa shape index (κ3) is 5.76. The van der Waals surface area contributed by atoms with Gasteiger partial charge in [-0.05, 0) is 129 Å². The lowest BCUT2D eigenvalue weighted by atomic mass is 9.84. The molecule has 1 aromatic heterocycles. The summed E-state index contributed by atoms with van der Waals surface area (Å²) in [7, 11) is 0. The van der Waals surface area contributed by atoms with Crippen molar-refractivity contribution in [1.82, 2.24) is 0 Å². The zero-order valence-electron chi connectivity index (χ0n) is 36.1. The Kier molecular flexibility index (Phi) is 8.34. The van der Waals surface area contributed by atoms with Crippen LogP contribution in [0, 0.1) is 13.8 Å². The van der Waals surface area contributed by atoms with Gasteiger partial charge in [0.15, 0.2) is 5.58 Å². The molecule has 0 aliphatic rings. The van der Waals surface area contributed by atoms with E-state index in [1.54, 1.807) is 0 Å². The van der Waals surface area contributed by atoms with E-state index >= 15 is 0 Å². The highest BCUT2D eigenvalue weighted by Gasteiger charge is 2.27. The highest BCUT2D eigenvalue weighted by atomic mass is 16.3. The van der Waals surface area contributed by atoms with Crippen LogP contribution in [0.1, 0.15) is 11.1 Å². The van der Waals surface area contributed by atoms with Gasteiger partial charge in [0.05, 0.1) is 17.1 Å². The molecule has 0 bridgehead atoms. The molecule has 0 fully saturated rings. The Hall–Kier alpha value is -8.40. The van der Waals surface area contributed by atoms with Gasteiger partial charge in [0, 0.05) is 49.4 Å². The second kappa shape index (κ2) is 14.6. The lowest BCUT2D eigenvalue weighted by Gasteiger charge is -2.31. The van der Waals surface area contributed by atoms with Crippen LogP contribution in [-0.4, -0.2) is 0 Å². The Morgan fingerprint density at radius 2 is 0.831 bits per heavy atom. The fourth-order valence-corrected chi connectivity index (χ4v) is 10.7. The third-order valence-electron chi connectivity index (χ3n) is 13.6. The molecule has 0 N–H and O–H groups in total. The molecule has 0 spiro atoms. The summed E-state index contributed by atoms with van der Waals surface area (Å²) in [5.41, 5.74) is 13.1. The summed E-state index contributed by atoms with van der Waals surface area (Å²) in [6.07, 6.45) is 0. The number of aryl methyl sites for hydroxylation is 2. The molecule has 13 rings (SSSR count). The predicted octanol–water partition coefficient (Wildman–Crippen LogP) is 18.0. The van der Waals surface area contributed by atoms with Gasteiger partial charge in [-0.25, -0.2) is 0 Å². The average Bonchev–Trinajstić information content (AvgIpc) is 3.75. The van der Waals surface area contributed by atoms with Gasteiger partial charge in [-0.2, -0.15) is 0 Å². The molecule has 12 aromatic carbocycles. The maximum atomic E-state index is 6.84. The molecule has 0 atom stereocenters. The first-order chi connectivity index (χ1) is 32.1. The van der Waals surface area contributed by atoms with Gasteiger partial charge in [-0.3, -0.25) is 0 Å². The lowest BCUT2D eigenvalue weighted by Crippen LogP contribution is -2.12. The van der Waals surface area contributed by atoms with E-state index in [-0.39, 0.29) is 0 Å². The fraction of sp³-hybridized carbons (Fsp3) is 0.0323. The van der Waals surface area contributed by atoms with Crippen LogP contribution in [0.5, 0.6) is 0 Å². The Balaban J connectivity index is 1.14. The number of benzene rings is 12. The Morgan fingerprint density at radius 3 is 1.52 bits per heavy atom. The summed E-state index contributed by atoms with van der Waals surface area (Å²) in [4.78, 5) is 4.88. The highest BCUT2D eigenvalue weighted by molar-refractivity contribution is 6.38. The summed E-state index contributed by atoms with van der Waals surface area (Å²) in [6, 6.07) is 79.4. The number of hydrogen-bond donors (Lipinski definition) is 0. The van der Waals surface area contributed by atoms with Gasteiger partial charge in [-0.1, -0.05) is 158 Å². The van der Waals surface area contributed by atoms with Crippen LogP contribution in [0.15, 0.2) is 223 Å². The number of nitrogens with zero attached hydrogens (tertiary/aromatic N) is 2. The van der Waals surface area contributed by atoms with Crippen molar-refractivity contribution in [3.8, 4) is 11.1 Å². The number of hydrogen-bond acceptors (Lipinski definition) is 3. The van der Waals surface area contributed by atoms with Crippen molar-refractivity contribution in [3.05, 3.63) is 230 Å². The van der Waals surface area contributed by atoms with Gasteiger partial charge in [0.1, 0.15) is 5.58 Å². The van der Waals surface area contributed by atoms with Crippen molar-refractivity contribution in [2.45, 2.75) is 13.8 Å². The van der Waals surface area contributed by atoms with E-state index in [4.69, 9.17) is 4.42 Å². The molecule has 0 amide bonds. The molecule has 306 valence electrons. The van der Waals surface area contributed by atoms with Gasteiger partial charge in [0.25, 0.3) is 0 Å². The molecule has 13 aromatic rings. The summed E-state index contributed by atoms with van der Waals surface area (Å²) < 4.78 is 6.84. The van der Waals surface area contributed by atoms with Crippen molar-refractivity contribution in [1.29, 1.82) is 0 Å². The minimum absolute atomic E-state index is 0.863. The number of para-hydroxylation sites is 3. The van der Waals surface area contributed by atoms with Gasteiger partial charge in [0.2, 0.25) is 0 Å². The molecule has 0 unspecified atom stereocenters. The molecule has 0 aliphatic heterocycles. The zero-order valence-corrected chi connectivity index (χ0v) is 36.1. The lowest BCUT2D eigenvalue weighted by molar-refractivity contribution is 0.669. The quantitative estimate of drug-likeness (QED) is 0.118. The summed E-state index contributed by atoms with van der Waals surface area (Å²) in [5.74, 6) is 0. The predicted molar refractivity (Wildman–Crippen MR) is 277 cm³/mol. The first-order valence-electron chi connectivity index (χ1n) is 22.4. The minimum Gasteiger partial charge on any atom is -0.454 e. The van der Waals surface area contributed by atoms with Crippen LogP contribution >= 0.6 is 0 Å². The Morgan fingerprint density at radius 1 is 0.308 bits per heavy atom. The molecule has 0 saturated heterocycles. The second-order valence-electron chi connectivity index (χ2n) is 17.3. The van der Waals surface area contributed by atoms with Crippen molar-refractivity contribution < 1.29 is 4.42 Å². The van der Waals surface area contributed by atoms with E-state index < -0.39 is 0 Å². The normalized spacial score (nSPS) is 11.8. The van der Waals surface area contributed by atoms with E-state index in [2.05, 4.69) is 236 Å². The van der Waals surface area contributed by atoms with Crippen molar-refractivity contribution in [2.75, 3.05) is 9.80 Å². The van der Waals surface area contributed by atoms with E-state index in [0.717, 1.165) is 56.1 Å². The number of fused-ring (bicyclic) bond motifs is 7.